The summed E-state index contributed by atoms with van der Waals surface area (Å²) >= 11 is 0. The van der Waals surface area contributed by atoms with Gasteiger partial charge in [-0.1, -0.05) is 72.8 Å². The molecule has 0 radical (unpaired) electrons. The van der Waals surface area contributed by atoms with Crippen molar-refractivity contribution in [2.24, 2.45) is 0 Å². The summed E-state index contributed by atoms with van der Waals surface area (Å²) in [6, 6.07) is 32.0. The Hall–Kier alpha value is -5.42. The van der Waals surface area contributed by atoms with E-state index in [0.717, 1.165) is 12.1 Å². The van der Waals surface area contributed by atoms with E-state index in [0.29, 0.717) is 12.1 Å². The summed E-state index contributed by atoms with van der Waals surface area (Å²) in [6.07, 6.45) is 0. The molecule has 50 heavy (non-hydrogen) atoms. The Morgan fingerprint density at radius 2 is 0.540 bits per heavy atom. The van der Waals surface area contributed by atoms with Gasteiger partial charge in [-0.25, -0.2) is 0 Å². The molecule has 0 aliphatic heterocycles. The van der Waals surface area contributed by atoms with Crippen LogP contribution in [0, 0.1) is 0 Å². The van der Waals surface area contributed by atoms with E-state index < -0.39 is 70.8 Å². The summed E-state index contributed by atoms with van der Waals surface area (Å²) < 4.78 is 131. The van der Waals surface area contributed by atoms with Gasteiger partial charge < -0.3 is 16.7 Å². The van der Waals surface area contributed by atoms with E-state index in [4.69, 9.17) is 16.7 Å². The van der Waals surface area contributed by atoms with Crippen molar-refractivity contribution in [1.82, 2.24) is 0 Å². The van der Waals surface area contributed by atoms with E-state index in [-0.39, 0.29) is 23.0 Å². The largest absolute Gasteiger partial charge is 0.379 e. The van der Waals surface area contributed by atoms with Gasteiger partial charge in [0, 0.05) is 10.8 Å². The lowest BCUT2D eigenvalue weighted by molar-refractivity contribution is 0.479. The highest BCUT2D eigenvalue weighted by molar-refractivity contribution is 7.89. The first-order chi connectivity index (χ1) is 23.7. The molecule has 0 spiro atoms. The van der Waals surface area contributed by atoms with Crippen LogP contribution in [-0.2, 0) is 40.5 Å². The lowest BCUT2D eigenvalue weighted by Crippen LogP contribution is -2.17. The Labute approximate surface area is 288 Å². The number of fused-ring (bicyclic) bond motifs is 1. The molecule has 0 bridgehead atoms. The molecular formula is C34H24O12S4. The smallest absolute Gasteiger partial charge is 0.339 e. The topological polar surface area (TPSA) is 173 Å². The molecule has 6 rings (SSSR count). The van der Waals surface area contributed by atoms with Gasteiger partial charge in [-0.2, -0.15) is 33.7 Å². The van der Waals surface area contributed by atoms with E-state index in [1.54, 1.807) is 24.3 Å². The van der Waals surface area contributed by atoms with Gasteiger partial charge in [0.1, 0.15) is 42.6 Å². The molecule has 0 heterocycles. The van der Waals surface area contributed by atoms with Crippen molar-refractivity contribution in [3.63, 3.8) is 0 Å². The van der Waals surface area contributed by atoms with Crippen LogP contribution in [-0.4, -0.2) is 33.7 Å². The van der Waals surface area contributed by atoms with Crippen LogP contribution in [0.25, 0.3) is 10.8 Å². The van der Waals surface area contributed by atoms with Crippen LogP contribution in [0.4, 0.5) is 0 Å². The van der Waals surface area contributed by atoms with Crippen molar-refractivity contribution in [3.05, 3.63) is 146 Å². The minimum absolute atomic E-state index is 0.128. The van der Waals surface area contributed by atoms with Gasteiger partial charge in [-0.3, -0.25) is 0 Å². The summed E-state index contributed by atoms with van der Waals surface area (Å²) in [7, 11) is -19.8. The molecule has 0 unspecified atom stereocenters. The van der Waals surface area contributed by atoms with E-state index in [9.17, 15) is 33.7 Å². The molecular weight excluding hydrogens is 729 g/mol. The van der Waals surface area contributed by atoms with Gasteiger partial charge in [-0.15, -0.1) is 0 Å². The Bertz CT molecular complexity index is 2430. The van der Waals surface area contributed by atoms with Crippen LogP contribution < -0.4 is 16.7 Å². The zero-order valence-electron chi connectivity index (χ0n) is 25.4. The van der Waals surface area contributed by atoms with Crippen molar-refractivity contribution in [2.75, 3.05) is 0 Å². The predicted octanol–water partition coefficient (Wildman–Crippen LogP) is 5.91. The first-order valence-electron chi connectivity index (χ1n) is 14.3. The van der Waals surface area contributed by atoms with Crippen LogP contribution in [0.3, 0.4) is 0 Å². The second kappa shape index (κ2) is 13.5. The summed E-state index contributed by atoms with van der Waals surface area (Å²) in [5, 5.41) is -1.10. The first kappa shape index (κ1) is 34.4. The van der Waals surface area contributed by atoms with Gasteiger partial charge >= 0.3 is 40.5 Å². The zero-order chi connectivity index (χ0) is 35.6. The fourth-order valence-corrected chi connectivity index (χ4v) is 9.09. The van der Waals surface area contributed by atoms with Crippen LogP contribution in [0.15, 0.2) is 165 Å². The van der Waals surface area contributed by atoms with E-state index in [1.165, 1.54) is 97.1 Å². The molecule has 0 N–H and O–H groups in total. The van der Waals surface area contributed by atoms with Crippen molar-refractivity contribution < 1.29 is 50.4 Å². The number of para-hydroxylation sites is 4. The monoisotopic (exact) mass is 752 g/mol. The third kappa shape index (κ3) is 7.58. The maximum Gasteiger partial charge on any atom is 0.339 e. The molecule has 12 nitrogen and oxygen atoms in total. The zero-order valence-corrected chi connectivity index (χ0v) is 28.7. The normalized spacial score (nSPS) is 12.2. The maximum atomic E-state index is 13.9. The second-order valence-electron chi connectivity index (χ2n) is 10.3. The molecule has 16 heteroatoms. The van der Waals surface area contributed by atoms with Gasteiger partial charge in [-0.05, 0) is 72.8 Å². The Balaban J connectivity index is 1.65. The Morgan fingerprint density at radius 1 is 0.300 bits per heavy atom. The van der Waals surface area contributed by atoms with Gasteiger partial charge in [0.2, 0.25) is 0 Å². The minimum Gasteiger partial charge on any atom is -0.379 e. The molecule has 0 aliphatic carbocycles. The van der Waals surface area contributed by atoms with E-state index >= 15 is 0 Å². The molecule has 256 valence electrons. The van der Waals surface area contributed by atoms with Crippen molar-refractivity contribution in [3.8, 4) is 23.0 Å². The first-order valence-corrected chi connectivity index (χ1v) is 20.0. The highest BCUT2D eigenvalue weighted by Gasteiger charge is 2.32. The molecule has 0 amide bonds. The highest BCUT2D eigenvalue weighted by Crippen LogP contribution is 2.37. The highest BCUT2D eigenvalue weighted by atomic mass is 32.2. The molecule has 0 aromatic heterocycles. The summed E-state index contributed by atoms with van der Waals surface area (Å²) in [5.74, 6) is -0.605. The number of benzene rings is 6. The van der Waals surface area contributed by atoms with Crippen molar-refractivity contribution in [2.45, 2.75) is 19.6 Å². The summed E-state index contributed by atoms with van der Waals surface area (Å²) in [5.41, 5.74) is 0. The Morgan fingerprint density at radius 3 is 0.800 bits per heavy atom. The Kier molecular flexibility index (Phi) is 9.28. The fourth-order valence-electron chi connectivity index (χ4n) is 4.64. The van der Waals surface area contributed by atoms with Crippen molar-refractivity contribution in [1.29, 1.82) is 0 Å². The number of hydrogen-bond acceptors (Lipinski definition) is 12. The lowest BCUT2D eigenvalue weighted by atomic mass is 10.1. The van der Waals surface area contributed by atoms with Crippen LogP contribution >= 0.6 is 0 Å². The van der Waals surface area contributed by atoms with Crippen LogP contribution in [0.5, 0.6) is 23.0 Å². The fraction of sp³-hybridized carbons (Fsp3) is 0. The molecule has 0 aliphatic rings. The minimum atomic E-state index is -5.03. The molecule has 6 aromatic rings. The molecule has 0 fully saturated rings. The quantitative estimate of drug-likeness (QED) is 0.136. The molecule has 0 saturated carbocycles. The summed E-state index contributed by atoms with van der Waals surface area (Å²) in [6.45, 7) is 0. The van der Waals surface area contributed by atoms with Crippen molar-refractivity contribution >= 4 is 51.2 Å². The van der Waals surface area contributed by atoms with Gasteiger partial charge in [0.25, 0.3) is 0 Å². The average molecular weight is 753 g/mol. The lowest BCUT2D eigenvalue weighted by Gasteiger charge is -2.17. The standard InChI is InChI=1S/C34H24O12S4/c35-47(36,43-25-13-5-1-6-14-25)29-21-31-32(33(23-29)49(39,40)45-27-17-9-3-10-18-27)22-30(48(37,38)44-26-15-7-2-8-16-26)24-34(31)50(41,42)46-28-19-11-4-12-20-28/h1-24H. The average Bonchev–Trinajstić information content (AvgIpc) is 3.08. The van der Waals surface area contributed by atoms with Crippen LogP contribution in [0.2, 0.25) is 0 Å². The number of hydrogen-bond donors (Lipinski definition) is 0. The SMILES string of the molecule is O=S(=O)(Oc1ccccc1)c1cc(S(=O)(=O)Oc2ccccc2)c2cc(S(=O)(=O)Oc3ccccc3)cc(S(=O)(=O)Oc3ccccc3)c2c1. The molecule has 0 saturated heterocycles. The third-order valence-corrected chi connectivity index (χ3v) is 11.9. The predicted molar refractivity (Wildman–Crippen MR) is 181 cm³/mol. The third-order valence-electron chi connectivity index (χ3n) is 6.85. The maximum absolute atomic E-state index is 13.9. The van der Waals surface area contributed by atoms with Gasteiger partial charge in [0.15, 0.2) is 0 Å². The molecule has 6 aromatic carbocycles. The van der Waals surface area contributed by atoms with Gasteiger partial charge in [0.05, 0.1) is 0 Å². The van der Waals surface area contributed by atoms with E-state index in [2.05, 4.69) is 0 Å². The van der Waals surface area contributed by atoms with Crippen LogP contribution in [0.1, 0.15) is 0 Å². The second-order valence-corrected chi connectivity index (χ2v) is 16.5. The molecule has 0 atom stereocenters. The number of rotatable bonds is 12. The summed E-state index contributed by atoms with van der Waals surface area (Å²) in [4.78, 5) is -3.39. The van der Waals surface area contributed by atoms with E-state index in [1.807, 2.05) is 0 Å².